The van der Waals surface area contributed by atoms with Gasteiger partial charge in [0.15, 0.2) is 0 Å². The zero-order valence-electron chi connectivity index (χ0n) is 14.6. The largest absolute Gasteiger partial charge is 0.494 e. The molecule has 0 bridgehead atoms. The van der Waals surface area contributed by atoms with Gasteiger partial charge in [-0.05, 0) is 54.5 Å². The first-order valence-electron chi connectivity index (χ1n) is 8.22. The number of nitriles is 1. The molecule has 0 saturated heterocycles. The number of hydrogen-bond acceptors (Lipinski definition) is 4. The van der Waals surface area contributed by atoms with Crippen LogP contribution in [0.25, 0.3) is 6.08 Å². The van der Waals surface area contributed by atoms with Crippen LogP contribution in [0.3, 0.4) is 0 Å². The molecule has 0 atom stereocenters. The molecule has 0 heterocycles. The number of amides is 1. The monoisotopic (exact) mass is 388 g/mol. The number of nitrogens with zero attached hydrogens (tertiary/aromatic N) is 1. The lowest BCUT2D eigenvalue weighted by molar-refractivity contribution is -0.112. The molecule has 4 nitrogen and oxygen atoms in total. The molecule has 0 fully saturated rings. The molecule has 1 amide bonds. The Labute approximate surface area is 160 Å². The van der Waals surface area contributed by atoms with Crippen LogP contribution in [0.15, 0.2) is 59.0 Å². The average Bonchev–Trinajstić information content (AvgIpc) is 2.66. The predicted molar refractivity (Wildman–Crippen MR) is 103 cm³/mol. The standard InChI is InChI=1S/C20H18F2N2O2S/c1-2-11-26-17-7-3-14(4-8-17)12-15(13-23)19(25)24-16-5-9-18(10-6-16)27-20(21)22/h3-10,12,20H,2,11H2,1H3,(H,24,25)/b15-12+. The lowest BCUT2D eigenvalue weighted by Crippen LogP contribution is -2.13. The molecule has 0 aliphatic heterocycles. The van der Waals surface area contributed by atoms with Crippen molar-refractivity contribution in [2.24, 2.45) is 0 Å². The van der Waals surface area contributed by atoms with Crippen LogP contribution >= 0.6 is 11.8 Å². The highest BCUT2D eigenvalue weighted by atomic mass is 32.2. The number of alkyl halides is 2. The lowest BCUT2D eigenvalue weighted by atomic mass is 10.1. The Kier molecular flexibility index (Phi) is 7.83. The van der Waals surface area contributed by atoms with Crippen molar-refractivity contribution in [3.05, 3.63) is 59.7 Å². The van der Waals surface area contributed by atoms with E-state index in [9.17, 15) is 18.8 Å². The molecule has 7 heteroatoms. The zero-order valence-corrected chi connectivity index (χ0v) is 15.4. The van der Waals surface area contributed by atoms with Gasteiger partial charge in [-0.15, -0.1) is 0 Å². The molecule has 2 aromatic carbocycles. The van der Waals surface area contributed by atoms with Gasteiger partial charge in [-0.25, -0.2) is 0 Å². The van der Waals surface area contributed by atoms with Crippen LogP contribution in [0.1, 0.15) is 18.9 Å². The maximum Gasteiger partial charge on any atom is 0.288 e. The Balaban J connectivity index is 2.04. The highest BCUT2D eigenvalue weighted by molar-refractivity contribution is 7.99. The smallest absolute Gasteiger partial charge is 0.288 e. The summed E-state index contributed by atoms with van der Waals surface area (Å²) in [6.07, 6.45) is 2.38. The molecule has 0 aliphatic rings. The van der Waals surface area contributed by atoms with Crippen LogP contribution in [-0.4, -0.2) is 18.3 Å². The Morgan fingerprint density at radius 1 is 1.22 bits per heavy atom. The molecule has 2 aromatic rings. The van der Waals surface area contributed by atoms with E-state index in [2.05, 4.69) is 5.32 Å². The first kappa shape index (κ1) is 20.5. The van der Waals surface area contributed by atoms with E-state index in [4.69, 9.17) is 4.74 Å². The molecule has 27 heavy (non-hydrogen) atoms. The van der Waals surface area contributed by atoms with Gasteiger partial charge in [-0.1, -0.05) is 30.8 Å². The normalized spacial score (nSPS) is 11.1. The van der Waals surface area contributed by atoms with E-state index in [0.717, 1.165) is 12.2 Å². The van der Waals surface area contributed by atoms with Crippen molar-refractivity contribution in [1.29, 1.82) is 5.26 Å². The van der Waals surface area contributed by atoms with Crippen LogP contribution in [0.4, 0.5) is 14.5 Å². The maximum atomic E-state index is 12.3. The summed E-state index contributed by atoms with van der Waals surface area (Å²) in [6, 6.07) is 14.9. The molecular weight excluding hydrogens is 370 g/mol. The zero-order chi connectivity index (χ0) is 19.6. The van der Waals surface area contributed by atoms with Gasteiger partial charge in [0.25, 0.3) is 11.7 Å². The Bertz CT molecular complexity index is 829. The molecule has 140 valence electrons. The van der Waals surface area contributed by atoms with Crippen molar-refractivity contribution >= 4 is 29.4 Å². The number of carbonyl (C=O) groups is 1. The second kappa shape index (κ2) is 10.3. The van der Waals surface area contributed by atoms with Gasteiger partial charge in [0.05, 0.1) is 6.61 Å². The van der Waals surface area contributed by atoms with E-state index in [1.54, 1.807) is 24.3 Å². The van der Waals surface area contributed by atoms with Gasteiger partial charge in [-0.3, -0.25) is 4.79 Å². The van der Waals surface area contributed by atoms with E-state index in [1.807, 2.05) is 13.0 Å². The third kappa shape index (κ3) is 6.76. The van der Waals surface area contributed by atoms with Crippen LogP contribution < -0.4 is 10.1 Å². The predicted octanol–water partition coefficient (Wildman–Crippen LogP) is 5.34. The summed E-state index contributed by atoms with van der Waals surface area (Å²) in [4.78, 5) is 12.7. The second-order valence-corrected chi connectivity index (χ2v) is 6.51. The lowest BCUT2D eigenvalue weighted by Gasteiger charge is -2.06. The van der Waals surface area contributed by atoms with Crippen LogP contribution in [0, 0.1) is 11.3 Å². The second-order valence-electron chi connectivity index (χ2n) is 5.44. The highest BCUT2D eigenvalue weighted by Crippen LogP contribution is 2.26. The first-order chi connectivity index (χ1) is 13.0. The van der Waals surface area contributed by atoms with Crippen LogP contribution in [0.2, 0.25) is 0 Å². The molecule has 0 aliphatic carbocycles. The van der Waals surface area contributed by atoms with Crippen LogP contribution in [-0.2, 0) is 4.79 Å². The number of carbonyl (C=O) groups excluding carboxylic acids is 1. The minimum absolute atomic E-state index is 0.0664. The minimum atomic E-state index is -2.50. The molecule has 1 N–H and O–H groups in total. The molecule has 0 saturated carbocycles. The van der Waals surface area contributed by atoms with E-state index in [-0.39, 0.29) is 5.57 Å². The molecule has 0 unspecified atom stereocenters. The van der Waals surface area contributed by atoms with Crippen LogP contribution in [0.5, 0.6) is 5.75 Å². The summed E-state index contributed by atoms with van der Waals surface area (Å²) in [6.45, 7) is 2.63. The molecule has 0 radical (unpaired) electrons. The molecular formula is C20H18F2N2O2S. The summed E-state index contributed by atoms with van der Waals surface area (Å²) in [5.41, 5.74) is 1.04. The fourth-order valence-corrected chi connectivity index (χ4v) is 2.61. The van der Waals surface area contributed by atoms with Gasteiger partial charge in [0, 0.05) is 10.6 Å². The van der Waals surface area contributed by atoms with Gasteiger partial charge in [0.1, 0.15) is 17.4 Å². The number of thioether (sulfide) groups is 1. The summed E-state index contributed by atoms with van der Waals surface area (Å²) in [5.74, 6) is -2.35. The summed E-state index contributed by atoms with van der Waals surface area (Å²) < 4.78 is 30.1. The fourth-order valence-electron chi connectivity index (χ4n) is 2.11. The van der Waals surface area contributed by atoms with Crippen molar-refractivity contribution in [3.8, 4) is 11.8 Å². The number of hydrogen-bond donors (Lipinski definition) is 1. The third-order valence-corrected chi connectivity index (χ3v) is 4.09. The molecule has 2 rings (SSSR count). The fraction of sp³-hybridized carbons (Fsp3) is 0.200. The highest BCUT2D eigenvalue weighted by Gasteiger charge is 2.10. The van der Waals surface area contributed by atoms with Crippen molar-refractivity contribution in [2.45, 2.75) is 24.0 Å². The van der Waals surface area contributed by atoms with Gasteiger partial charge < -0.3 is 10.1 Å². The van der Waals surface area contributed by atoms with Crippen molar-refractivity contribution in [2.75, 3.05) is 11.9 Å². The number of nitrogens with one attached hydrogen (secondary N) is 1. The number of ether oxygens (including phenoxy) is 1. The van der Waals surface area contributed by atoms with Crippen molar-refractivity contribution < 1.29 is 18.3 Å². The first-order valence-corrected chi connectivity index (χ1v) is 9.10. The summed E-state index contributed by atoms with van der Waals surface area (Å²) in [7, 11) is 0. The third-order valence-electron chi connectivity index (χ3n) is 3.37. The number of halogens is 2. The van der Waals surface area contributed by atoms with E-state index >= 15 is 0 Å². The Morgan fingerprint density at radius 3 is 2.44 bits per heavy atom. The Hall–Kier alpha value is -2.85. The van der Waals surface area contributed by atoms with Crippen molar-refractivity contribution in [3.63, 3.8) is 0 Å². The summed E-state index contributed by atoms with van der Waals surface area (Å²) in [5, 5.41) is 11.8. The van der Waals surface area contributed by atoms with Gasteiger partial charge in [-0.2, -0.15) is 14.0 Å². The molecule has 0 spiro atoms. The van der Waals surface area contributed by atoms with Gasteiger partial charge in [0.2, 0.25) is 0 Å². The SMILES string of the molecule is CCCOc1ccc(/C=C(\C#N)C(=O)Nc2ccc(SC(F)F)cc2)cc1. The van der Waals surface area contributed by atoms with Crippen molar-refractivity contribution in [1.82, 2.24) is 0 Å². The Morgan fingerprint density at radius 2 is 1.89 bits per heavy atom. The number of rotatable bonds is 8. The molecule has 0 aromatic heterocycles. The summed E-state index contributed by atoms with van der Waals surface area (Å²) >= 11 is 0.425. The average molecular weight is 388 g/mol. The maximum absolute atomic E-state index is 12.3. The number of benzene rings is 2. The van der Waals surface area contributed by atoms with Gasteiger partial charge >= 0.3 is 0 Å². The number of anilines is 1. The van der Waals surface area contributed by atoms with E-state index in [1.165, 1.54) is 30.3 Å². The quantitative estimate of drug-likeness (QED) is 0.377. The van der Waals surface area contributed by atoms with E-state index in [0.29, 0.717) is 34.5 Å². The van der Waals surface area contributed by atoms with E-state index < -0.39 is 11.7 Å². The topological polar surface area (TPSA) is 62.1 Å². The minimum Gasteiger partial charge on any atom is -0.494 e.